The fraction of sp³-hybridized carbons (Fsp3) is 0.571. The minimum atomic E-state index is -3.26. The van der Waals surface area contributed by atoms with Gasteiger partial charge in [-0.25, -0.2) is 13.1 Å². The maximum absolute atomic E-state index is 11.9. The largest absolute Gasteiger partial charge is 0.349 e. The zero-order valence-corrected chi connectivity index (χ0v) is 13.5. The number of rotatable bonds is 8. The molecule has 1 heterocycles. The van der Waals surface area contributed by atoms with Crippen molar-refractivity contribution in [3.63, 3.8) is 0 Å². The van der Waals surface area contributed by atoms with Crippen molar-refractivity contribution in [1.29, 1.82) is 0 Å². The molecule has 0 aliphatic carbocycles. The lowest BCUT2D eigenvalue weighted by molar-refractivity contribution is -0.121. The highest BCUT2D eigenvalue weighted by molar-refractivity contribution is 7.88. The molecule has 1 aromatic heterocycles. The van der Waals surface area contributed by atoms with Crippen LogP contribution in [0.2, 0.25) is 0 Å². The molecule has 6 nitrogen and oxygen atoms in total. The third-order valence-corrected chi connectivity index (χ3v) is 3.57. The molecule has 7 heteroatoms. The normalized spacial score (nSPS) is 13.1. The molecule has 1 atom stereocenters. The summed E-state index contributed by atoms with van der Waals surface area (Å²) in [6.45, 7) is 4.27. The van der Waals surface area contributed by atoms with Gasteiger partial charge in [0.05, 0.1) is 12.3 Å². The zero-order chi connectivity index (χ0) is 15.9. The van der Waals surface area contributed by atoms with E-state index in [0.29, 0.717) is 5.92 Å². The van der Waals surface area contributed by atoms with E-state index in [1.807, 2.05) is 12.1 Å². The van der Waals surface area contributed by atoms with E-state index in [4.69, 9.17) is 0 Å². The third-order valence-electron chi connectivity index (χ3n) is 2.85. The predicted octanol–water partition coefficient (Wildman–Crippen LogP) is 1.22. The number of amides is 1. The second kappa shape index (κ2) is 8.09. The lowest BCUT2D eigenvalue weighted by atomic mass is 9.98. The molecular formula is C14H23N3O3S. The molecule has 2 N–H and O–H groups in total. The van der Waals surface area contributed by atoms with Gasteiger partial charge in [-0.1, -0.05) is 19.9 Å². The van der Waals surface area contributed by atoms with E-state index in [1.165, 1.54) is 0 Å². The van der Waals surface area contributed by atoms with Gasteiger partial charge < -0.3 is 5.32 Å². The lowest BCUT2D eigenvalue weighted by Crippen LogP contribution is -2.33. The number of carbonyl (C=O) groups is 1. The van der Waals surface area contributed by atoms with Gasteiger partial charge in [0.2, 0.25) is 15.9 Å². The van der Waals surface area contributed by atoms with Crippen LogP contribution in [0.15, 0.2) is 24.5 Å². The van der Waals surface area contributed by atoms with Crippen LogP contribution in [-0.4, -0.2) is 32.1 Å². The average Bonchev–Trinajstić information content (AvgIpc) is 2.37. The van der Waals surface area contributed by atoms with Gasteiger partial charge in [-0.2, -0.15) is 0 Å². The van der Waals surface area contributed by atoms with Gasteiger partial charge in [0.25, 0.3) is 0 Å². The molecule has 0 saturated heterocycles. The van der Waals surface area contributed by atoms with Crippen molar-refractivity contribution in [2.45, 2.75) is 32.7 Å². The molecule has 0 fully saturated rings. The van der Waals surface area contributed by atoms with Crippen LogP contribution in [0, 0.1) is 5.92 Å². The van der Waals surface area contributed by atoms with Crippen molar-refractivity contribution < 1.29 is 13.2 Å². The molecule has 21 heavy (non-hydrogen) atoms. The summed E-state index contributed by atoms with van der Waals surface area (Å²) in [7, 11) is -3.26. The first-order valence-electron chi connectivity index (χ1n) is 6.92. The van der Waals surface area contributed by atoms with Gasteiger partial charge in [0.15, 0.2) is 0 Å². The summed E-state index contributed by atoms with van der Waals surface area (Å²) in [4.78, 5) is 16.0. The van der Waals surface area contributed by atoms with Gasteiger partial charge in [0, 0.05) is 25.4 Å². The van der Waals surface area contributed by atoms with Crippen molar-refractivity contribution in [2.24, 2.45) is 5.92 Å². The number of nitrogens with zero attached hydrogens (tertiary/aromatic N) is 1. The first-order valence-corrected chi connectivity index (χ1v) is 8.81. The molecule has 1 aromatic rings. The molecule has 0 aliphatic rings. The van der Waals surface area contributed by atoms with Gasteiger partial charge >= 0.3 is 0 Å². The summed E-state index contributed by atoms with van der Waals surface area (Å²) < 4.78 is 24.2. The van der Waals surface area contributed by atoms with Crippen molar-refractivity contribution in [3.05, 3.63) is 30.1 Å². The Labute approximate surface area is 126 Å². The number of sulfonamides is 1. The van der Waals surface area contributed by atoms with Crippen molar-refractivity contribution in [2.75, 3.05) is 12.8 Å². The summed E-state index contributed by atoms with van der Waals surface area (Å²) in [5.74, 6) is 0.241. The Morgan fingerprint density at radius 1 is 1.38 bits per heavy atom. The summed E-state index contributed by atoms with van der Waals surface area (Å²) in [5, 5.41) is 2.94. The second-order valence-electron chi connectivity index (χ2n) is 5.45. The molecule has 0 radical (unpaired) electrons. The summed E-state index contributed by atoms with van der Waals surface area (Å²) in [5.41, 5.74) is 0.954. The quantitative estimate of drug-likeness (QED) is 0.755. The Bertz CT molecular complexity index is 544. The fourth-order valence-electron chi connectivity index (χ4n) is 1.95. The van der Waals surface area contributed by atoms with Crippen LogP contribution in [-0.2, 0) is 14.8 Å². The van der Waals surface area contributed by atoms with Gasteiger partial charge in [-0.15, -0.1) is 0 Å². The molecule has 0 aromatic carbocycles. The maximum Gasteiger partial charge on any atom is 0.221 e. The smallest absolute Gasteiger partial charge is 0.221 e. The highest BCUT2D eigenvalue weighted by Crippen LogP contribution is 2.20. The molecule has 1 rings (SSSR count). The topological polar surface area (TPSA) is 88.2 Å². The standard InChI is InChI=1S/C14H23N3O3S/c1-11(2)9-13(12-5-4-7-15-10-12)17-14(18)6-8-16-21(3,19)20/h4-5,7,10-11,13,16H,6,8-9H2,1-3H3,(H,17,18)/t13-/m0/s1. The van der Waals surface area contributed by atoms with Crippen molar-refractivity contribution in [3.8, 4) is 0 Å². The first kappa shape index (κ1) is 17.6. The summed E-state index contributed by atoms with van der Waals surface area (Å²) in [6.07, 6.45) is 5.41. The Hall–Kier alpha value is -1.47. The highest BCUT2D eigenvalue weighted by atomic mass is 32.2. The summed E-state index contributed by atoms with van der Waals surface area (Å²) in [6, 6.07) is 3.65. The van der Waals surface area contributed by atoms with E-state index in [-0.39, 0.29) is 24.9 Å². The molecule has 0 aliphatic heterocycles. The number of nitrogens with one attached hydrogen (secondary N) is 2. The number of pyridine rings is 1. The number of hydrogen-bond acceptors (Lipinski definition) is 4. The summed E-state index contributed by atoms with van der Waals surface area (Å²) >= 11 is 0. The minimum absolute atomic E-state index is 0.103. The molecular weight excluding hydrogens is 290 g/mol. The predicted molar refractivity (Wildman–Crippen MR) is 82.0 cm³/mol. The number of carbonyl (C=O) groups excluding carboxylic acids is 1. The van der Waals surface area contributed by atoms with Gasteiger partial charge in [-0.05, 0) is 24.0 Å². The van der Waals surface area contributed by atoms with E-state index >= 15 is 0 Å². The van der Waals surface area contributed by atoms with E-state index in [9.17, 15) is 13.2 Å². The van der Waals surface area contributed by atoms with Crippen LogP contribution >= 0.6 is 0 Å². The Balaban J connectivity index is 2.59. The van der Waals surface area contributed by atoms with Crippen LogP contribution in [0.3, 0.4) is 0 Å². The van der Waals surface area contributed by atoms with E-state index in [0.717, 1.165) is 18.2 Å². The van der Waals surface area contributed by atoms with E-state index in [2.05, 4.69) is 28.9 Å². The maximum atomic E-state index is 11.9. The van der Waals surface area contributed by atoms with E-state index < -0.39 is 10.0 Å². The van der Waals surface area contributed by atoms with Crippen molar-refractivity contribution in [1.82, 2.24) is 15.0 Å². The average molecular weight is 313 g/mol. The molecule has 1 amide bonds. The van der Waals surface area contributed by atoms with Gasteiger partial charge in [0.1, 0.15) is 0 Å². The molecule has 0 unspecified atom stereocenters. The van der Waals surface area contributed by atoms with Gasteiger partial charge in [-0.3, -0.25) is 9.78 Å². The lowest BCUT2D eigenvalue weighted by Gasteiger charge is -2.20. The first-order chi connectivity index (χ1) is 9.78. The Kier molecular flexibility index (Phi) is 6.77. The van der Waals surface area contributed by atoms with Crippen LogP contribution in [0.4, 0.5) is 0 Å². The molecule has 0 spiro atoms. The van der Waals surface area contributed by atoms with Crippen molar-refractivity contribution >= 4 is 15.9 Å². The Morgan fingerprint density at radius 2 is 2.10 bits per heavy atom. The third kappa shape index (κ3) is 7.77. The van der Waals surface area contributed by atoms with Crippen LogP contribution in [0.1, 0.15) is 38.3 Å². The van der Waals surface area contributed by atoms with Crippen LogP contribution in [0.5, 0.6) is 0 Å². The molecule has 0 bridgehead atoms. The monoisotopic (exact) mass is 313 g/mol. The van der Waals surface area contributed by atoms with E-state index in [1.54, 1.807) is 12.4 Å². The number of hydrogen-bond donors (Lipinski definition) is 2. The zero-order valence-electron chi connectivity index (χ0n) is 12.7. The highest BCUT2D eigenvalue weighted by Gasteiger charge is 2.16. The van der Waals surface area contributed by atoms with Crippen LogP contribution in [0.25, 0.3) is 0 Å². The minimum Gasteiger partial charge on any atom is -0.349 e. The Morgan fingerprint density at radius 3 is 2.62 bits per heavy atom. The molecule has 118 valence electrons. The SMILES string of the molecule is CC(C)C[C@H](NC(=O)CCNS(C)(=O)=O)c1cccnc1. The number of aromatic nitrogens is 1. The van der Waals surface area contributed by atoms with Crippen LogP contribution < -0.4 is 10.0 Å². The fourth-order valence-corrected chi connectivity index (χ4v) is 2.42. The second-order valence-corrected chi connectivity index (χ2v) is 7.29. The molecule has 0 saturated carbocycles.